The molecule has 6 nitrogen and oxygen atoms in total. The lowest BCUT2D eigenvalue weighted by Crippen LogP contribution is -2.30. The van der Waals surface area contributed by atoms with Gasteiger partial charge < -0.3 is 19.1 Å². The molecule has 0 fully saturated rings. The fraction of sp³-hybridized carbons (Fsp3) is 0.222. The van der Waals surface area contributed by atoms with Crippen LogP contribution in [-0.4, -0.2) is 37.2 Å². The quantitative estimate of drug-likeness (QED) is 0.766. The van der Waals surface area contributed by atoms with E-state index in [-0.39, 0.29) is 19.3 Å². The van der Waals surface area contributed by atoms with E-state index in [1.54, 1.807) is 31.3 Å². The number of benzene rings is 2. The van der Waals surface area contributed by atoms with Crippen LogP contribution >= 0.6 is 11.6 Å². The number of carbonyl (C=O) groups excluding carboxylic acids is 2. The predicted molar refractivity (Wildman–Crippen MR) is 90.8 cm³/mol. The van der Waals surface area contributed by atoms with E-state index in [0.29, 0.717) is 28.6 Å². The standard InChI is InChI=1S/C18H16ClNO5/c1-20(9-12-2-5-14(19)6-3-12)17(21)10-23-18(22)13-4-7-15-16(8-13)25-11-24-15/h2-8H,9-11H2,1H3. The molecule has 0 atom stereocenters. The zero-order chi connectivity index (χ0) is 17.8. The third-order valence-corrected chi connectivity index (χ3v) is 3.95. The number of halogens is 1. The highest BCUT2D eigenvalue weighted by atomic mass is 35.5. The maximum Gasteiger partial charge on any atom is 0.338 e. The van der Waals surface area contributed by atoms with E-state index in [4.69, 9.17) is 25.8 Å². The minimum Gasteiger partial charge on any atom is -0.454 e. The summed E-state index contributed by atoms with van der Waals surface area (Å²) in [6.07, 6.45) is 0. The third-order valence-electron chi connectivity index (χ3n) is 3.69. The Bertz CT molecular complexity index is 791. The molecule has 1 aliphatic heterocycles. The van der Waals surface area contributed by atoms with Crippen molar-refractivity contribution in [1.29, 1.82) is 0 Å². The first-order valence-corrected chi connectivity index (χ1v) is 7.96. The summed E-state index contributed by atoms with van der Waals surface area (Å²) >= 11 is 5.83. The van der Waals surface area contributed by atoms with Crippen LogP contribution in [0.5, 0.6) is 11.5 Å². The summed E-state index contributed by atoms with van der Waals surface area (Å²) in [5.74, 6) is 0.173. The van der Waals surface area contributed by atoms with Gasteiger partial charge in [0.1, 0.15) is 0 Å². The Morgan fingerprint density at radius 3 is 2.60 bits per heavy atom. The van der Waals surface area contributed by atoms with Crippen molar-refractivity contribution >= 4 is 23.5 Å². The normalized spacial score (nSPS) is 11.9. The van der Waals surface area contributed by atoms with Crippen molar-refractivity contribution in [2.24, 2.45) is 0 Å². The van der Waals surface area contributed by atoms with E-state index in [1.807, 2.05) is 12.1 Å². The van der Waals surface area contributed by atoms with Gasteiger partial charge in [-0.15, -0.1) is 0 Å². The monoisotopic (exact) mass is 361 g/mol. The molecule has 0 radical (unpaired) electrons. The van der Waals surface area contributed by atoms with Gasteiger partial charge in [-0.25, -0.2) is 4.79 Å². The number of esters is 1. The molecule has 0 bridgehead atoms. The summed E-state index contributed by atoms with van der Waals surface area (Å²) in [7, 11) is 1.64. The number of carbonyl (C=O) groups is 2. The molecule has 7 heteroatoms. The van der Waals surface area contributed by atoms with Crippen molar-refractivity contribution in [2.45, 2.75) is 6.54 Å². The first-order chi connectivity index (χ1) is 12.0. The predicted octanol–water partition coefficient (Wildman–Crippen LogP) is 2.88. The van der Waals surface area contributed by atoms with Crippen LogP contribution in [0.3, 0.4) is 0 Å². The van der Waals surface area contributed by atoms with Crippen LogP contribution in [0.4, 0.5) is 0 Å². The number of nitrogens with zero attached hydrogens (tertiary/aromatic N) is 1. The van der Waals surface area contributed by atoms with Crippen molar-refractivity contribution < 1.29 is 23.8 Å². The van der Waals surface area contributed by atoms with Crippen LogP contribution in [0.15, 0.2) is 42.5 Å². The Morgan fingerprint density at radius 2 is 1.84 bits per heavy atom. The largest absolute Gasteiger partial charge is 0.454 e. The zero-order valence-corrected chi connectivity index (χ0v) is 14.3. The molecule has 2 aromatic carbocycles. The number of fused-ring (bicyclic) bond motifs is 1. The van der Waals surface area contributed by atoms with Gasteiger partial charge in [0.25, 0.3) is 5.91 Å². The highest BCUT2D eigenvalue weighted by molar-refractivity contribution is 6.30. The van der Waals surface area contributed by atoms with Crippen LogP contribution in [0, 0.1) is 0 Å². The van der Waals surface area contributed by atoms with Crippen molar-refractivity contribution in [1.82, 2.24) is 4.90 Å². The fourth-order valence-corrected chi connectivity index (χ4v) is 2.42. The van der Waals surface area contributed by atoms with Gasteiger partial charge in [-0.1, -0.05) is 23.7 Å². The van der Waals surface area contributed by atoms with Gasteiger partial charge in [-0.3, -0.25) is 4.79 Å². The number of hydrogen-bond donors (Lipinski definition) is 0. The van der Waals surface area contributed by atoms with Crippen LogP contribution in [0.25, 0.3) is 0 Å². The van der Waals surface area contributed by atoms with Gasteiger partial charge >= 0.3 is 5.97 Å². The topological polar surface area (TPSA) is 65.1 Å². The Morgan fingerprint density at radius 1 is 1.12 bits per heavy atom. The molecule has 0 aliphatic carbocycles. The molecular weight excluding hydrogens is 346 g/mol. The SMILES string of the molecule is CN(Cc1ccc(Cl)cc1)C(=O)COC(=O)c1ccc2c(c1)OCO2. The minimum atomic E-state index is -0.591. The molecule has 1 heterocycles. The molecule has 0 unspecified atom stereocenters. The van der Waals surface area contributed by atoms with Crippen molar-refractivity contribution in [3.8, 4) is 11.5 Å². The number of amides is 1. The molecular formula is C18H16ClNO5. The van der Waals surface area contributed by atoms with Crippen LogP contribution < -0.4 is 9.47 Å². The molecule has 0 saturated carbocycles. The second-order valence-corrected chi connectivity index (χ2v) is 5.96. The molecule has 3 rings (SSSR count). The van der Waals surface area contributed by atoms with Gasteiger partial charge in [0.15, 0.2) is 18.1 Å². The average Bonchev–Trinajstić information content (AvgIpc) is 3.08. The van der Waals surface area contributed by atoms with Crippen molar-refractivity contribution in [3.63, 3.8) is 0 Å². The summed E-state index contributed by atoms with van der Waals surface area (Å²) in [5.41, 5.74) is 1.24. The van der Waals surface area contributed by atoms with E-state index in [9.17, 15) is 9.59 Å². The lowest BCUT2D eigenvalue weighted by atomic mass is 10.2. The van der Waals surface area contributed by atoms with Gasteiger partial charge in [0.2, 0.25) is 6.79 Å². The van der Waals surface area contributed by atoms with E-state index in [2.05, 4.69) is 0 Å². The number of hydrogen-bond acceptors (Lipinski definition) is 5. The maximum atomic E-state index is 12.1. The van der Waals surface area contributed by atoms with Gasteiger partial charge in [-0.2, -0.15) is 0 Å². The zero-order valence-electron chi connectivity index (χ0n) is 13.5. The lowest BCUT2D eigenvalue weighted by Gasteiger charge is -2.17. The minimum absolute atomic E-state index is 0.127. The van der Waals surface area contributed by atoms with E-state index >= 15 is 0 Å². The summed E-state index contributed by atoms with van der Waals surface area (Å²) < 4.78 is 15.5. The summed E-state index contributed by atoms with van der Waals surface area (Å²) in [5, 5.41) is 0.635. The Labute approximate surface area is 149 Å². The molecule has 130 valence electrons. The van der Waals surface area contributed by atoms with Crippen LogP contribution in [-0.2, 0) is 16.1 Å². The smallest absolute Gasteiger partial charge is 0.338 e. The summed E-state index contributed by atoms with van der Waals surface area (Å²) in [4.78, 5) is 25.7. The molecule has 0 saturated heterocycles. The van der Waals surface area contributed by atoms with Crippen molar-refractivity contribution in [3.05, 3.63) is 58.6 Å². The average molecular weight is 362 g/mol. The molecule has 0 N–H and O–H groups in total. The Balaban J connectivity index is 1.52. The van der Waals surface area contributed by atoms with Gasteiger partial charge in [0, 0.05) is 18.6 Å². The fourth-order valence-electron chi connectivity index (χ4n) is 2.30. The lowest BCUT2D eigenvalue weighted by molar-refractivity contribution is -0.133. The molecule has 1 amide bonds. The molecule has 25 heavy (non-hydrogen) atoms. The number of rotatable bonds is 5. The number of ether oxygens (including phenoxy) is 3. The third kappa shape index (κ3) is 4.22. The van der Waals surface area contributed by atoms with E-state index < -0.39 is 5.97 Å². The maximum absolute atomic E-state index is 12.1. The van der Waals surface area contributed by atoms with Gasteiger partial charge in [-0.05, 0) is 35.9 Å². The Hall–Kier alpha value is -2.73. The van der Waals surface area contributed by atoms with Crippen molar-refractivity contribution in [2.75, 3.05) is 20.4 Å². The molecule has 1 aliphatic rings. The highest BCUT2D eigenvalue weighted by Gasteiger charge is 2.18. The van der Waals surface area contributed by atoms with Crippen LogP contribution in [0.1, 0.15) is 15.9 Å². The molecule has 0 spiro atoms. The van der Waals surface area contributed by atoms with E-state index in [1.165, 1.54) is 11.0 Å². The number of likely N-dealkylation sites (N-methyl/N-ethyl adjacent to an activating group) is 1. The Kier molecular flexibility index (Phi) is 5.09. The van der Waals surface area contributed by atoms with Crippen LogP contribution in [0.2, 0.25) is 5.02 Å². The highest BCUT2D eigenvalue weighted by Crippen LogP contribution is 2.32. The second kappa shape index (κ2) is 7.44. The first kappa shape index (κ1) is 17.1. The van der Waals surface area contributed by atoms with Gasteiger partial charge in [0.05, 0.1) is 5.56 Å². The summed E-state index contributed by atoms with van der Waals surface area (Å²) in [6.45, 7) is 0.191. The second-order valence-electron chi connectivity index (χ2n) is 5.52. The molecule has 2 aromatic rings. The first-order valence-electron chi connectivity index (χ1n) is 7.58. The summed E-state index contributed by atoms with van der Waals surface area (Å²) in [6, 6.07) is 11.9. The molecule has 0 aromatic heterocycles. The van der Waals surface area contributed by atoms with E-state index in [0.717, 1.165) is 5.56 Å².